The van der Waals surface area contributed by atoms with E-state index >= 15 is 0 Å². The molecule has 0 saturated heterocycles. The Kier molecular flexibility index (Phi) is 17.8. The molecule has 0 aromatic carbocycles. The van der Waals surface area contributed by atoms with Crippen LogP contribution in [0.3, 0.4) is 0 Å². The summed E-state index contributed by atoms with van der Waals surface area (Å²) in [5.74, 6) is -6.77. The van der Waals surface area contributed by atoms with Crippen molar-refractivity contribution in [3.63, 3.8) is 0 Å². The second-order valence-electron chi connectivity index (χ2n) is 19.1. The van der Waals surface area contributed by atoms with Crippen LogP contribution < -0.4 is 5.32 Å². The molecule has 4 fully saturated rings. The van der Waals surface area contributed by atoms with Crippen molar-refractivity contribution in [2.45, 2.75) is 122 Å². The lowest BCUT2D eigenvalue weighted by Crippen LogP contribution is -2.57. The molecule has 4 aliphatic rings. The molecule has 0 aliphatic heterocycles. The molecular formula is C43H68N4O15. The first-order valence-electron chi connectivity index (χ1n) is 22.1. The molecule has 11 atom stereocenters. The maximum atomic E-state index is 13.7. The number of hydrogen-bond donors (Lipinski definition) is 8. The molecule has 4 saturated carbocycles. The number of Topliss-reactive ketones (excluding diaryl/α,β-unsaturated/α-hetero) is 1. The van der Waals surface area contributed by atoms with Crippen LogP contribution in [0, 0.1) is 46.3 Å². The van der Waals surface area contributed by atoms with Crippen molar-refractivity contribution < 1.29 is 74.1 Å². The summed E-state index contributed by atoms with van der Waals surface area (Å²) in [6.07, 6.45) is 8.85. The normalized spacial score (nSPS) is 29.5. The van der Waals surface area contributed by atoms with E-state index in [0.717, 1.165) is 54.7 Å². The molecule has 8 N–H and O–H groups in total. The van der Waals surface area contributed by atoms with Gasteiger partial charge in [0, 0.05) is 45.1 Å². The lowest BCUT2D eigenvalue weighted by atomic mass is 9.44. The third kappa shape index (κ3) is 12.9. The molecule has 4 rings (SSSR count). The van der Waals surface area contributed by atoms with Gasteiger partial charge in [-0.25, -0.2) is 0 Å². The van der Waals surface area contributed by atoms with Crippen molar-refractivity contribution in [3.05, 3.63) is 0 Å². The van der Waals surface area contributed by atoms with Crippen LogP contribution in [0.4, 0.5) is 0 Å². The van der Waals surface area contributed by atoms with E-state index in [4.69, 9.17) is 0 Å². The lowest BCUT2D eigenvalue weighted by molar-refractivity contribution is -0.148. The molecule has 0 heterocycles. The number of ketones is 1. The van der Waals surface area contributed by atoms with Crippen molar-refractivity contribution in [2.24, 2.45) is 46.3 Å². The zero-order chi connectivity index (χ0) is 46.1. The van der Waals surface area contributed by atoms with Crippen molar-refractivity contribution in [1.29, 1.82) is 0 Å². The average molecular weight is 881 g/mol. The lowest BCUT2D eigenvalue weighted by Gasteiger charge is -2.61. The summed E-state index contributed by atoms with van der Waals surface area (Å²) >= 11 is 0. The Bertz CT molecular complexity index is 1590. The minimum absolute atomic E-state index is 0.0609. The number of hydrogen-bond acceptors (Lipinski definition) is 12. The summed E-state index contributed by atoms with van der Waals surface area (Å²) in [6.45, 7) is 3.26. The standard InChI is InChI=1S/C43H68N4O15/c1-25(4-11-34(49)50)29-7-8-30-28-6-5-26-20-27(12-14-42(26,2)31(28)13-15-43(29,30)3)44-39(41(61)62)33(48)10-9-32(40(59)60)47(18-16-45(21-35(51)52)22-36(53)54)19-17-46(23-37(55)56)24-38(57)58/h25-32,39,44H,4-24H2,1-3H3,(H,49,50)(H,51,52)(H,53,54)(H,55,56)(H,57,58)(H,59,60)(H,61,62)/t25-,26-,27+,28+,29-,30+,31+,32+,39?,42+,43-/m1/s1. The maximum Gasteiger partial charge on any atom is 0.328 e. The molecule has 0 spiro atoms. The van der Waals surface area contributed by atoms with Crippen molar-refractivity contribution in [1.82, 2.24) is 20.0 Å². The van der Waals surface area contributed by atoms with Crippen molar-refractivity contribution in [3.8, 4) is 0 Å². The van der Waals surface area contributed by atoms with E-state index in [9.17, 15) is 74.1 Å². The predicted octanol–water partition coefficient (Wildman–Crippen LogP) is 2.60. The molecule has 0 radical (unpaired) electrons. The van der Waals surface area contributed by atoms with Gasteiger partial charge in [-0.1, -0.05) is 20.8 Å². The zero-order valence-electron chi connectivity index (χ0n) is 36.3. The average Bonchev–Trinajstić information content (AvgIpc) is 3.52. The van der Waals surface area contributed by atoms with Crippen LogP contribution in [0.15, 0.2) is 0 Å². The first-order chi connectivity index (χ1) is 29.0. The molecule has 0 amide bonds. The van der Waals surface area contributed by atoms with E-state index in [0.29, 0.717) is 54.8 Å². The molecule has 0 aromatic rings. The Balaban J connectivity index is 1.42. The number of rotatable bonds is 27. The van der Waals surface area contributed by atoms with E-state index < -0.39 is 92.3 Å². The SMILES string of the molecule is C[C@H](CCC(=O)O)[C@H]1CC[C@H]2[C@@H]3CC[C@@H]4C[C@@H](NC(C(=O)O)C(=O)CC[C@@H](C(=O)O)N(CCN(CC(=O)O)CC(=O)O)CCN(CC(=O)O)CC(=O)O)CC[C@]4(C)[C@H]3CC[C@]12C. The highest BCUT2D eigenvalue weighted by Crippen LogP contribution is 2.68. The van der Waals surface area contributed by atoms with E-state index in [1.54, 1.807) is 0 Å². The summed E-state index contributed by atoms with van der Waals surface area (Å²) in [6, 6.07) is -3.35. The fourth-order valence-corrected chi connectivity index (χ4v) is 12.5. The van der Waals surface area contributed by atoms with Crippen LogP contribution in [0.2, 0.25) is 0 Å². The van der Waals surface area contributed by atoms with Gasteiger partial charge in [0.05, 0.1) is 26.2 Å². The Labute approximate surface area is 362 Å². The predicted molar refractivity (Wildman–Crippen MR) is 220 cm³/mol. The Hall–Kier alpha value is -4.20. The number of aliphatic carboxylic acids is 7. The fourth-order valence-electron chi connectivity index (χ4n) is 12.5. The second-order valence-corrected chi connectivity index (χ2v) is 19.1. The summed E-state index contributed by atoms with van der Waals surface area (Å²) in [7, 11) is 0. The quantitative estimate of drug-likeness (QED) is 0.0550. The summed E-state index contributed by atoms with van der Waals surface area (Å²) < 4.78 is 0. The zero-order valence-corrected chi connectivity index (χ0v) is 36.3. The van der Waals surface area contributed by atoms with E-state index in [1.807, 2.05) is 0 Å². The van der Waals surface area contributed by atoms with Gasteiger partial charge in [0.15, 0.2) is 11.8 Å². The Morgan fingerprint density at radius 2 is 1.13 bits per heavy atom. The van der Waals surface area contributed by atoms with Gasteiger partial charge in [0.25, 0.3) is 0 Å². The molecule has 0 aromatic heterocycles. The van der Waals surface area contributed by atoms with Gasteiger partial charge >= 0.3 is 41.8 Å². The molecule has 4 aliphatic carbocycles. The topological polar surface area (TPSA) is 300 Å². The van der Waals surface area contributed by atoms with E-state index in [1.165, 1.54) is 4.90 Å². The number of nitrogens with one attached hydrogen (secondary N) is 1. The molecule has 62 heavy (non-hydrogen) atoms. The maximum absolute atomic E-state index is 13.7. The van der Waals surface area contributed by atoms with Crippen LogP contribution in [0.25, 0.3) is 0 Å². The van der Waals surface area contributed by atoms with Crippen LogP contribution in [0.1, 0.15) is 104 Å². The molecule has 350 valence electrons. The molecule has 1 unspecified atom stereocenters. The van der Waals surface area contributed by atoms with Gasteiger partial charge in [0.1, 0.15) is 6.04 Å². The van der Waals surface area contributed by atoms with Crippen LogP contribution in [0.5, 0.6) is 0 Å². The summed E-state index contributed by atoms with van der Waals surface area (Å²) in [5, 5.41) is 70.2. The second kappa shape index (κ2) is 21.9. The summed E-state index contributed by atoms with van der Waals surface area (Å²) in [5.41, 5.74) is 0.250. The van der Waals surface area contributed by atoms with Crippen LogP contribution in [-0.2, 0) is 38.4 Å². The Morgan fingerprint density at radius 3 is 1.63 bits per heavy atom. The molecular weight excluding hydrogens is 812 g/mol. The largest absolute Gasteiger partial charge is 0.481 e. The fraction of sp³-hybridized carbons (Fsp3) is 0.814. The van der Waals surface area contributed by atoms with Gasteiger partial charge in [-0.3, -0.25) is 58.4 Å². The molecule has 19 heteroatoms. The molecule has 0 bridgehead atoms. The third-order valence-corrected chi connectivity index (χ3v) is 15.4. The van der Waals surface area contributed by atoms with Gasteiger partial charge < -0.3 is 35.7 Å². The number of carboxylic acid groups (broad SMARTS) is 7. The van der Waals surface area contributed by atoms with Gasteiger partial charge in [-0.05, 0) is 117 Å². The number of fused-ring (bicyclic) bond motifs is 5. The highest BCUT2D eigenvalue weighted by molar-refractivity contribution is 6.02. The highest BCUT2D eigenvalue weighted by atomic mass is 16.4. The Morgan fingerprint density at radius 1 is 0.597 bits per heavy atom. The third-order valence-electron chi connectivity index (χ3n) is 15.4. The van der Waals surface area contributed by atoms with E-state index in [2.05, 4.69) is 26.1 Å². The minimum atomic E-state index is -1.61. The van der Waals surface area contributed by atoms with Crippen LogP contribution in [-0.4, -0.2) is 168 Å². The minimum Gasteiger partial charge on any atom is -0.481 e. The molecule has 19 nitrogen and oxygen atoms in total. The van der Waals surface area contributed by atoms with Gasteiger partial charge in [0.2, 0.25) is 0 Å². The first-order valence-corrected chi connectivity index (χ1v) is 22.1. The number of carbonyl (C=O) groups excluding carboxylic acids is 1. The monoisotopic (exact) mass is 880 g/mol. The summed E-state index contributed by atoms with van der Waals surface area (Å²) in [4.78, 5) is 99.4. The van der Waals surface area contributed by atoms with Gasteiger partial charge in [-0.2, -0.15) is 0 Å². The van der Waals surface area contributed by atoms with Crippen molar-refractivity contribution >= 4 is 47.6 Å². The smallest absolute Gasteiger partial charge is 0.328 e. The van der Waals surface area contributed by atoms with Gasteiger partial charge in [-0.15, -0.1) is 0 Å². The number of carboxylic acids is 7. The highest BCUT2D eigenvalue weighted by Gasteiger charge is 2.60. The number of nitrogens with zero attached hydrogens (tertiary/aromatic N) is 3. The first kappa shape index (κ1) is 50.4. The van der Waals surface area contributed by atoms with Crippen molar-refractivity contribution in [2.75, 3.05) is 52.4 Å². The van der Waals surface area contributed by atoms with Crippen LogP contribution >= 0.6 is 0 Å². The van der Waals surface area contributed by atoms with E-state index in [-0.39, 0.29) is 55.9 Å². The number of carbonyl (C=O) groups is 8.